The van der Waals surface area contributed by atoms with E-state index < -0.39 is 0 Å². The predicted octanol–water partition coefficient (Wildman–Crippen LogP) is 5.71. The summed E-state index contributed by atoms with van der Waals surface area (Å²) < 4.78 is 0. The van der Waals surface area contributed by atoms with Gasteiger partial charge in [0.25, 0.3) is 0 Å². The molecule has 0 saturated heterocycles. The monoisotopic (exact) mass is 329 g/mol. The van der Waals surface area contributed by atoms with Crippen molar-refractivity contribution in [2.45, 2.75) is 26.2 Å². The SMILES string of the molecule is CC(C)(C)c1ccc(-c2ccc(-c3cccc(C=O)c3N)cc2)cc1. The van der Waals surface area contributed by atoms with Gasteiger partial charge in [-0.15, -0.1) is 0 Å². The van der Waals surface area contributed by atoms with Crippen molar-refractivity contribution in [3.05, 3.63) is 77.9 Å². The molecule has 3 aromatic carbocycles. The molecule has 0 radical (unpaired) electrons. The molecule has 0 spiro atoms. The van der Waals surface area contributed by atoms with E-state index in [1.807, 2.05) is 24.3 Å². The third-order valence-corrected chi connectivity index (χ3v) is 4.55. The molecule has 2 heteroatoms. The van der Waals surface area contributed by atoms with Gasteiger partial charge in [0.15, 0.2) is 6.29 Å². The first-order valence-corrected chi connectivity index (χ1v) is 8.45. The van der Waals surface area contributed by atoms with Gasteiger partial charge in [0, 0.05) is 16.8 Å². The number of hydrogen-bond donors (Lipinski definition) is 1. The van der Waals surface area contributed by atoms with Crippen LogP contribution in [0.2, 0.25) is 0 Å². The van der Waals surface area contributed by atoms with Gasteiger partial charge in [0.1, 0.15) is 0 Å². The second-order valence-electron chi connectivity index (χ2n) is 7.33. The zero-order valence-corrected chi connectivity index (χ0v) is 14.9. The number of nitrogen functional groups attached to an aromatic ring is 1. The minimum absolute atomic E-state index is 0.156. The molecule has 0 aliphatic heterocycles. The molecular weight excluding hydrogens is 306 g/mol. The van der Waals surface area contributed by atoms with Crippen LogP contribution in [0, 0.1) is 0 Å². The van der Waals surface area contributed by atoms with Gasteiger partial charge in [-0.2, -0.15) is 0 Å². The standard InChI is InChI=1S/C23H23NO/c1-23(2,3)20-13-11-17(12-14-20)16-7-9-18(10-8-16)21-6-4-5-19(15-25)22(21)24/h4-15H,24H2,1-3H3. The molecule has 0 saturated carbocycles. The van der Waals surface area contributed by atoms with Gasteiger partial charge >= 0.3 is 0 Å². The Bertz CT molecular complexity index is 885. The fourth-order valence-electron chi connectivity index (χ4n) is 2.94. The molecule has 126 valence electrons. The number of carbonyl (C=O) groups excluding carboxylic acids is 1. The lowest BCUT2D eigenvalue weighted by molar-refractivity contribution is 0.112. The number of nitrogens with two attached hydrogens (primary N) is 1. The summed E-state index contributed by atoms with van der Waals surface area (Å²) in [6.07, 6.45) is 0.796. The minimum atomic E-state index is 0.156. The molecule has 0 bridgehead atoms. The Hall–Kier alpha value is -2.87. The van der Waals surface area contributed by atoms with Crippen molar-refractivity contribution < 1.29 is 4.79 Å². The van der Waals surface area contributed by atoms with Crippen molar-refractivity contribution in [1.82, 2.24) is 0 Å². The number of anilines is 1. The maximum absolute atomic E-state index is 11.1. The molecule has 2 N–H and O–H groups in total. The molecule has 0 amide bonds. The molecule has 3 rings (SSSR count). The van der Waals surface area contributed by atoms with Crippen LogP contribution in [0.15, 0.2) is 66.7 Å². The molecule has 0 aliphatic carbocycles. The highest BCUT2D eigenvalue weighted by Gasteiger charge is 2.13. The summed E-state index contributed by atoms with van der Waals surface area (Å²) in [6, 6.07) is 22.5. The maximum Gasteiger partial charge on any atom is 0.152 e. The quantitative estimate of drug-likeness (QED) is 0.494. The van der Waals surface area contributed by atoms with Crippen LogP contribution in [0.5, 0.6) is 0 Å². The lowest BCUT2D eigenvalue weighted by Crippen LogP contribution is -2.10. The van der Waals surface area contributed by atoms with Crippen molar-refractivity contribution >= 4 is 12.0 Å². The number of hydrogen-bond acceptors (Lipinski definition) is 2. The number of carbonyl (C=O) groups is 1. The largest absolute Gasteiger partial charge is 0.398 e. The van der Waals surface area contributed by atoms with E-state index in [0.717, 1.165) is 23.0 Å². The Kier molecular flexibility index (Phi) is 4.45. The van der Waals surface area contributed by atoms with Crippen molar-refractivity contribution in [3.63, 3.8) is 0 Å². The number of para-hydroxylation sites is 1. The highest BCUT2D eigenvalue weighted by Crippen LogP contribution is 2.31. The smallest absolute Gasteiger partial charge is 0.152 e. The van der Waals surface area contributed by atoms with Crippen LogP contribution in [0.3, 0.4) is 0 Å². The van der Waals surface area contributed by atoms with Crippen molar-refractivity contribution in [3.8, 4) is 22.3 Å². The van der Waals surface area contributed by atoms with Gasteiger partial charge in [0.05, 0.1) is 0 Å². The third kappa shape index (κ3) is 3.48. The zero-order valence-electron chi connectivity index (χ0n) is 14.9. The molecular formula is C23H23NO. The summed E-state index contributed by atoms with van der Waals surface area (Å²) in [5.74, 6) is 0. The highest BCUT2D eigenvalue weighted by molar-refractivity contribution is 5.91. The van der Waals surface area contributed by atoms with E-state index in [-0.39, 0.29) is 5.41 Å². The van der Waals surface area contributed by atoms with Crippen LogP contribution in [0.25, 0.3) is 22.3 Å². The summed E-state index contributed by atoms with van der Waals surface area (Å²) in [5, 5.41) is 0. The normalized spacial score (nSPS) is 11.3. The van der Waals surface area contributed by atoms with Gasteiger partial charge in [-0.05, 0) is 33.7 Å². The number of rotatable bonds is 3. The van der Waals surface area contributed by atoms with Crippen molar-refractivity contribution in [2.24, 2.45) is 0 Å². The van der Waals surface area contributed by atoms with E-state index in [9.17, 15) is 4.79 Å². The highest BCUT2D eigenvalue weighted by atomic mass is 16.1. The van der Waals surface area contributed by atoms with Gasteiger partial charge in [-0.25, -0.2) is 0 Å². The minimum Gasteiger partial charge on any atom is -0.398 e. The van der Waals surface area contributed by atoms with Gasteiger partial charge in [-0.3, -0.25) is 4.79 Å². The Morgan fingerprint density at radius 1 is 0.760 bits per heavy atom. The van der Waals surface area contributed by atoms with Gasteiger partial charge in [0.2, 0.25) is 0 Å². The molecule has 2 nitrogen and oxygen atoms in total. The molecule has 3 aromatic rings. The fourth-order valence-corrected chi connectivity index (χ4v) is 2.94. The van der Waals surface area contributed by atoms with Crippen molar-refractivity contribution in [1.29, 1.82) is 0 Å². The van der Waals surface area contributed by atoms with Crippen LogP contribution in [-0.2, 0) is 5.41 Å². The molecule has 0 heterocycles. The van der Waals surface area contributed by atoms with E-state index in [2.05, 4.69) is 57.2 Å². The molecule has 0 aliphatic rings. The second-order valence-corrected chi connectivity index (χ2v) is 7.33. The Morgan fingerprint density at radius 2 is 1.28 bits per heavy atom. The average Bonchev–Trinajstić information content (AvgIpc) is 2.61. The van der Waals surface area contributed by atoms with E-state index in [1.54, 1.807) is 6.07 Å². The first kappa shape index (κ1) is 17.0. The van der Waals surface area contributed by atoms with Crippen LogP contribution in [0.1, 0.15) is 36.7 Å². The van der Waals surface area contributed by atoms with Gasteiger partial charge in [-0.1, -0.05) is 81.4 Å². The summed E-state index contributed by atoms with van der Waals surface area (Å²) in [4.78, 5) is 11.1. The Morgan fingerprint density at radius 3 is 1.80 bits per heavy atom. The van der Waals surface area contributed by atoms with E-state index in [4.69, 9.17) is 5.73 Å². The first-order chi connectivity index (χ1) is 11.9. The van der Waals surface area contributed by atoms with E-state index in [0.29, 0.717) is 11.3 Å². The number of aldehydes is 1. The van der Waals surface area contributed by atoms with Crippen LogP contribution >= 0.6 is 0 Å². The van der Waals surface area contributed by atoms with Crippen molar-refractivity contribution in [2.75, 3.05) is 5.73 Å². The topological polar surface area (TPSA) is 43.1 Å². The van der Waals surface area contributed by atoms with E-state index in [1.165, 1.54) is 11.1 Å². The molecule has 0 aromatic heterocycles. The van der Waals surface area contributed by atoms with Gasteiger partial charge < -0.3 is 5.73 Å². The number of benzene rings is 3. The predicted molar refractivity (Wildman–Crippen MR) is 106 cm³/mol. The summed E-state index contributed by atoms with van der Waals surface area (Å²) in [5.41, 5.74) is 12.9. The van der Waals surface area contributed by atoms with Crippen LogP contribution < -0.4 is 5.73 Å². The lowest BCUT2D eigenvalue weighted by Gasteiger charge is -2.19. The summed E-state index contributed by atoms with van der Waals surface area (Å²) >= 11 is 0. The lowest BCUT2D eigenvalue weighted by atomic mass is 9.86. The zero-order chi connectivity index (χ0) is 18.0. The average molecular weight is 329 g/mol. The Labute approximate surface area is 149 Å². The summed E-state index contributed by atoms with van der Waals surface area (Å²) in [6.45, 7) is 6.65. The molecule has 0 fully saturated rings. The van der Waals surface area contributed by atoms with E-state index >= 15 is 0 Å². The van der Waals surface area contributed by atoms with Crippen LogP contribution in [-0.4, -0.2) is 6.29 Å². The molecule has 25 heavy (non-hydrogen) atoms. The fraction of sp³-hybridized carbons (Fsp3) is 0.174. The molecule has 0 atom stereocenters. The van der Waals surface area contributed by atoms with Crippen LogP contribution in [0.4, 0.5) is 5.69 Å². The first-order valence-electron chi connectivity index (χ1n) is 8.45. The Balaban J connectivity index is 1.92. The maximum atomic E-state index is 11.1. The molecule has 0 unspecified atom stereocenters. The second kappa shape index (κ2) is 6.56. The summed E-state index contributed by atoms with van der Waals surface area (Å²) in [7, 11) is 0. The third-order valence-electron chi connectivity index (χ3n) is 4.55.